The molecule has 4 heteroatoms. The Balaban J connectivity index is 2.50. The average Bonchev–Trinajstić information content (AvgIpc) is 2.19. The highest BCUT2D eigenvalue weighted by atomic mass is 16.6. The van der Waals surface area contributed by atoms with Crippen LogP contribution in [0, 0.1) is 0 Å². The maximum absolute atomic E-state index is 4.77. The van der Waals surface area contributed by atoms with Gasteiger partial charge >= 0.3 is 0 Å². The number of rotatable bonds is 2. The van der Waals surface area contributed by atoms with Crippen molar-refractivity contribution in [2.75, 3.05) is 0 Å². The van der Waals surface area contributed by atoms with Crippen LogP contribution in [-0.4, -0.2) is 9.97 Å². The van der Waals surface area contributed by atoms with E-state index in [1.165, 1.54) is 0 Å². The molecule has 0 radical (unpaired) electrons. The quantitative estimate of drug-likeness (QED) is 0.522. The van der Waals surface area contributed by atoms with Gasteiger partial charge in [0.05, 0.1) is 18.2 Å². The van der Waals surface area contributed by atoms with Gasteiger partial charge in [0.25, 0.3) is 0 Å². The van der Waals surface area contributed by atoms with Crippen LogP contribution in [0.5, 0.6) is 0 Å². The van der Waals surface area contributed by atoms with Crippen LogP contribution < -0.4 is 5.90 Å². The second-order valence-electron chi connectivity index (χ2n) is 1.39. The van der Waals surface area contributed by atoms with Gasteiger partial charge in [0.15, 0.2) is 0 Å². The number of aromatic amines is 1. The van der Waals surface area contributed by atoms with Crippen molar-refractivity contribution in [3.8, 4) is 0 Å². The molecule has 0 amide bonds. The first-order valence-electron chi connectivity index (χ1n) is 2.22. The van der Waals surface area contributed by atoms with E-state index in [2.05, 4.69) is 14.8 Å². The number of imidazole rings is 1. The van der Waals surface area contributed by atoms with Gasteiger partial charge < -0.3 is 4.98 Å². The van der Waals surface area contributed by atoms with Crippen LogP contribution in [-0.2, 0) is 11.4 Å². The Labute approximate surface area is 46.6 Å². The minimum absolute atomic E-state index is 0.389. The Morgan fingerprint density at radius 1 is 1.88 bits per heavy atom. The van der Waals surface area contributed by atoms with E-state index >= 15 is 0 Å². The van der Waals surface area contributed by atoms with E-state index in [0.717, 1.165) is 5.69 Å². The van der Waals surface area contributed by atoms with Crippen molar-refractivity contribution in [1.29, 1.82) is 0 Å². The lowest BCUT2D eigenvalue weighted by Crippen LogP contribution is -1.98. The molecule has 1 heterocycles. The highest BCUT2D eigenvalue weighted by Crippen LogP contribution is 1.89. The summed E-state index contributed by atoms with van der Waals surface area (Å²) in [4.78, 5) is 10.9. The third-order valence-electron chi connectivity index (χ3n) is 0.794. The highest BCUT2D eigenvalue weighted by molar-refractivity contribution is 4.90. The fourth-order valence-electron chi connectivity index (χ4n) is 0.453. The average molecular weight is 113 g/mol. The molecule has 1 aromatic heterocycles. The first-order valence-corrected chi connectivity index (χ1v) is 2.22. The molecule has 3 N–H and O–H groups in total. The van der Waals surface area contributed by atoms with Crippen molar-refractivity contribution < 1.29 is 4.84 Å². The fourth-order valence-corrected chi connectivity index (χ4v) is 0.453. The van der Waals surface area contributed by atoms with Crippen molar-refractivity contribution in [2.24, 2.45) is 5.90 Å². The summed E-state index contributed by atoms with van der Waals surface area (Å²) < 4.78 is 0. The lowest BCUT2D eigenvalue weighted by atomic mass is 10.5. The molecule has 8 heavy (non-hydrogen) atoms. The zero-order valence-electron chi connectivity index (χ0n) is 4.29. The topological polar surface area (TPSA) is 63.9 Å². The normalized spacial score (nSPS) is 9.62. The Hall–Kier alpha value is -0.870. The molecule has 44 valence electrons. The third-order valence-corrected chi connectivity index (χ3v) is 0.794. The van der Waals surface area contributed by atoms with Gasteiger partial charge in [-0.15, -0.1) is 0 Å². The summed E-state index contributed by atoms with van der Waals surface area (Å²) in [6.07, 6.45) is 3.24. The lowest BCUT2D eigenvalue weighted by molar-refractivity contribution is 0.121. The first kappa shape index (κ1) is 5.27. The molecule has 1 rings (SSSR count). The molecule has 0 aliphatic heterocycles. The van der Waals surface area contributed by atoms with Crippen molar-refractivity contribution >= 4 is 0 Å². The summed E-state index contributed by atoms with van der Waals surface area (Å²) in [5.41, 5.74) is 0.882. The van der Waals surface area contributed by atoms with Crippen LogP contribution in [0.1, 0.15) is 5.69 Å². The minimum atomic E-state index is 0.389. The number of nitrogens with one attached hydrogen (secondary N) is 1. The monoisotopic (exact) mass is 113 g/mol. The molecular weight excluding hydrogens is 106 g/mol. The van der Waals surface area contributed by atoms with Crippen LogP contribution in [0.25, 0.3) is 0 Å². The zero-order chi connectivity index (χ0) is 5.82. The maximum Gasteiger partial charge on any atom is 0.109 e. The van der Waals surface area contributed by atoms with Crippen LogP contribution in [0.15, 0.2) is 12.5 Å². The summed E-state index contributed by atoms with van der Waals surface area (Å²) in [6, 6.07) is 0. The molecule has 0 unspecified atom stereocenters. The number of aromatic nitrogens is 2. The second-order valence-corrected chi connectivity index (χ2v) is 1.39. The van der Waals surface area contributed by atoms with Gasteiger partial charge in [0, 0.05) is 0 Å². The Kier molecular flexibility index (Phi) is 1.61. The van der Waals surface area contributed by atoms with Gasteiger partial charge in [-0.1, -0.05) is 0 Å². The van der Waals surface area contributed by atoms with E-state index in [4.69, 9.17) is 5.90 Å². The molecule has 4 nitrogen and oxygen atoms in total. The van der Waals surface area contributed by atoms with Crippen LogP contribution in [0.2, 0.25) is 0 Å². The number of hydrogen-bond acceptors (Lipinski definition) is 3. The van der Waals surface area contributed by atoms with E-state index in [1.807, 2.05) is 0 Å². The standard InChI is InChI=1S/C4H7N3O/c5-8-2-4-1-6-3-7-4/h1,3H,2,5H2,(H,6,7). The molecule has 0 aromatic carbocycles. The Morgan fingerprint density at radius 3 is 3.25 bits per heavy atom. The Morgan fingerprint density at radius 2 is 2.75 bits per heavy atom. The number of hydrogen-bond donors (Lipinski definition) is 2. The second kappa shape index (κ2) is 2.44. The molecule has 0 aliphatic carbocycles. The van der Waals surface area contributed by atoms with E-state index in [9.17, 15) is 0 Å². The minimum Gasteiger partial charge on any atom is -0.347 e. The van der Waals surface area contributed by atoms with Crippen molar-refractivity contribution in [3.05, 3.63) is 18.2 Å². The van der Waals surface area contributed by atoms with Gasteiger partial charge in [-0.25, -0.2) is 10.9 Å². The SMILES string of the molecule is NOCc1cnc[nH]1. The maximum atomic E-state index is 4.77. The lowest BCUT2D eigenvalue weighted by Gasteiger charge is -1.88. The largest absolute Gasteiger partial charge is 0.347 e. The van der Waals surface area contributed by atoms with Crippen molar-refractivity contribution in [3.63, 3.8) is 0 Å². The smallest absolute Gasteiger partial charge is 0.109 e. The van der Waals surface area contributed by atoms with Crippen molar-refractivity contribution in [1.82, 2.24) is 9.97 Å². The molecule has 0 atom stereocenters. The summed E-state index contributed by atoms with van der Waals surface area (Å²) in [5, 5.41) is 0. The van der Waals surface area contributed by atoms with Crippen LogP contribution in [0.3, 0.4) is 0 Å². The molecule has 0 saturated heterocycles. The van der Waals surface area contributed by atoms with E-state index < -0.39 is 0 Å². The Bertz CT molecular complexity index is 137. The summed E-state index contributed by atoms with van der Waals surface area (Å²) >= 11 is 0. The number of H-pyrrole nitrogens is 1. The van der Waals surface area contributed by atoms with Gasteiger partial charge in [-0.05, 0) is 0 Å². The van der Waals surface area contributed by atoms with Crippen molar-refractivity contribution in [2.45, 2.75) is 6.61 Å². The molecule has 0 bridgehead atoms. The summed E-state index contributed by atoms with van der Waals surface area (Å²) in [7, 11) is 0. The third kappa shape index (κ3) is 1.05. The van der Waals surface area contributed by atoms with Crippen LogP contribution >= 0.6 is 0 Å². The fraction of sp³-hybridized carbons (Fsp3) is 0.250. The number of nitrogens with two attached hydrogens (primary N) is 1. The van der Waals surface area contributed by atoms with Gasteiger partial charge in [-0.2, -0.15) is 0 Å². The zero-order valence-corrected chi connectivity index (χ0v) is 4.29. The van der Waals surface area contributed by atoms with E-state index in [0.29, 0.717) is 6.61 Å². The van der Waals surface area contributed by atoms with E-state index in [1.54, 1.807) is 12.5 Å². The van der Waals surface area contributed by atoms with Gasteiger partial charge in [0.2, 0.25) is 0 Å². The summed E-state index contributed by atoms with van der Waals surface area (Å²) in [5.74, 6) is 4.77. The molecule has 0 saturated carbocycles. The first-order chi connectivity index (χ1) is 3.93. The number of nitrogens with zero attached hydrogens (tertiary/aromatic N) is 1. The predicted octanol–water partition coefficient (Wildman–Crippen LogP) is -0.200. The van der Waals surface area contributed by atoms with Gasteiger partial charge in [0.1, 0.15) is 6.61 Å². The molecular formula is C4H7N3O. The summed E-state index contributed by atoms with van der Waals surface area (Å²) in [6.45, 7) is 0.389. The van der Waals surface area contributed by atoms with Gasteiger partial charge in [-0.3, -0.25) is 4.84 Å². The molecule has 0 aliphatic rings. The van der Waals surface area contributed by atoms with E-state index in [-0.39, 0.29) is 0 Å². The molecule has 1 aromatic rings. The molecule has 0 spiro atoms. The predicted molar refractivity (Wildman–Crippen MR) is 27.6 cm³/mol. The molecule has 0 fully saturated rings. The highest BCUT2D eigenvalue weighted by Gasteiger charge is 1.87. The van der Waals surface area contributed by atoms with Crippen LogP contribution in [0.4, 0.5) is 0 Å².